The Bertz CT molecular complexity index is 660. The van der Waals surface area contributed by atoms with Gasteiger partial charge < -0.3 is 4.57 Å². The Labute approximate surface area is 131 Å². The second-order valence-corrected chi connectivity index (χ2v) is 5.81. The lowest BCUT2D eigenvalue weighted by Crippen LogP contribution is -1.85. The number of thiazole rings is 1. The summed E-state index contributed by atoms with van der Waals surface area (Å²) in [5.41, 5.74) is 3.75. The molecule has 0 saturated carbocycles. The van der Waals surface area contributed by atoms with E-state index in [1.54, 1.807) is 46.5 Å². The van der Waals surface area contributed by atoms with Crippen LogP contribution in [0.4, 0.5) is 0 Å². The highest BCUT2D eigenvalue weighted by molar-refractivity contribution is 7.99. The monoisotopic (exact) mass is 317 g/mol. The molecule has 0 bridgehead atoms. The van der Waals surface area contributed by atoms with E-state index in [1.165, 1.54) is 6.33 Å². The van der Waals surface area contributed by atoms with Gasteiger partial charge in [0.05, 0.1) is 30.1 Å². The molecule has 5 nitrogen and oxygen atoms in total. The maximum Gasteiger partial charge on any atom is 0.118 e. The van der Waals surface area contributed by atoms with E-state index in [0.717, 1.165) is 22.0 Å². The molecule has 21 heavy (non-hydrogen) atoms. The first kappa shape index (κ1) is 15.4. The van der Waals surface area contributed by atoms with Gasteiger partial charge in [-0.1, -0.05) is 12.7 Å². The van der Waals surface area contributed by atoms with Crippen LogP contribution < -0.4 is 0 Å². The molecule has 2 aromatic heterocycles. The van der Waals surface area contributed by atoms with Crippen molar-refractivity contribution in [2.75, 3.05) is 5.75 Å². The van der Waals surface area contributed by atoms with Gasteiger partial charge in [-0.25, -0.2) is 19.9 Å². The second kappa shape index (κ2) is 8.33. The number of allylic oxidation sites excluding steroid dienone is 1. The Kier molecular flexibility index (Phi) is 6.11. The topological polar surface area (TPSA) is 56.5 Å². The summed E-state index contributed by atoms with van der Waals surface area (Å²) < 4.78 is 1.76. The Hall–Kier alpha value is -1.99. The van der Waals surface area contributed by atoms with Gasteiger partial charge in [-0.3, -0.25) is 0 Å². The first-order chi connectivity index (χ1) is 10.2. The molecule has 0 spiro atoms. The third kappa shape index (κ3) is 5.88. The van der Waals surface area contributed by atoms with Gasteiger partial charge in [0.1, 0.15) is 11.4 Å². The van der Waals surface area contributed by atoms with E-state index in [0.29, 0.717) is 0 Å². The second-order valence-electron chi connectivity index (χ2n) is 4.10. The lowest BCUT2D eigenvalue weighted by atomic mass is 10.3. The van der Waals surface area contributed by atoms with Gasteiger partial charge >= 0.3 is 0 Å². The third-order valence-electron chi connectivity index (χ3n) is 2.28. The van der Waals surface area contributed by atoms with E-state index in [1.807, 2.05) is 30.1 Å². The number of hydrogen-bond acceptors (Lipinski definition) is 6. The van der Waals surface area contributed by atoms with E-state index < -0.39 is 0 Å². The van der Waals surface area contributed by atoms with E-state index in [4.69, 9.17) is 0 Å². The van der Waals surface area contributed by atoms with Crippen molar-refractivity contribution in [3.05, 3.63) is 60.0 Å². The SMILES string of the molecule is C=C(/C=C\c1cscn1)CSc1cncn(C)cncn1. The molecule has 7 heteroatoms. The average molecular weight is 317 g/mol. The molecule has 2 aromatic rings. The number of thioether (sulfide) groups is 1. The molecule has 0 N–H and O–H groups in total. The number of nitrogens with zero attached hydrogens (tertiary/aromatic N) is 5. The van der Waals surface area contributed by atoms with Crippen molar-refractivity contribution in [2.24, 2.45) is 7.05 Å². The Morgan fingerprint density at radius 3 is 3.05 bits per heavy atom. The highest BCUT2D eigenvalue weighted by atomic mass is 32.2. The lowest BCUT2D eigenvalue weighted by Gasteiger charge is -1.97. The van der Waals surface area contributed by atoms with Crippen molar-refractivity contribution in [1.82, 2.24) is 24.5 Å². The van der Waals surface area contributed by atoms with E-state index >= 15 is 0 Å². The highest BCUT2D eigenvalue weighted by Gasteiger charge is 1.95. The van der Waals surface area contributed by atoms with Gasteiger partial charge in [0.25, 0.3) is 0 Å². The minimum absolute atomic E-state index is 0.735. The average Bonchev–Trinajstić information content (AvgIpc) is 3.01. The van der Waals surface area contributed by atoms with Crippen LogP contribution in [0.5, 0.6) is 0 Å². The summed E-state index contributed by atoms with van der Waals surface area (Å²) in [7, 11) is 1.86. The quantitative estimate of drug-likeness (QED) is 0.626. The van der Waals surface area contributed by atoms with Crippen molar-refractivity contribution >= 4 is 29.2 Å². The van der Waals surface area contributed by atoms with Crippen molar-refractivity contribution in [2.45, 2.75) is 5.03 Å². The van der Waals surface area contributed by atoms with Gasteiger partial charge in [-0.05, 0) is 11.6 Å². The molecule has 0 aromatic carbocycles. The van der Waals surface area contributed by atoms with Crippen LogP contribution in [0, 0.1) is 0 Å². The van der Waals surface area contributed by atoms with Crippen LogP contribution in [0.1, 0.15) is 5.69 Å². The smallest absolute Gasteiger partial charge is 0.118 e. The van der Waals surface area contributed by atoms with Gasteiger partial charge in [0, 0.05) is 18.2 Å². The van der Waals surface area contributed by atoms with E-state index in [2.05, 4.69) is 26.5 Å². The largest absolute Gasteiger partial charge is 0.326 e. The molecule has 0 amide bonds. The number of aryl methyl sites for hydroxylation is 1. The molecule has 108 valence electrons. The van der Waals surface area contributed by atoms with Crippen molar-refractivity contribution < 1.29 is 0 Å². The Morgan fingerprint density at radius 2 is 2.24 bits per heavy atom. The van der Waals surface area contributed by atoms with Gasteiger partial charge in [0.2, 0.25) is 0 Å². The van der Waals surface area contributed by atoms with Crippen LogP contribution in [0.3, 0.4) is 0 Å². The third-order valence-corrected chi connectivity index (χ3v) is 3.91. The molecule has 0 fully saturated rings. The zero-order valence-electron chi connectivity index (χ0n) is 11.6. The summed E-state index contributed by atoms with van der Waals surface area (Å²) in [5, 5.41) is 2.78. The number of aromatic nitrogens is 5. The molecule has 2 rings (SSSR count). The summed E-state index contributed by atoms with van der Waals surface area (Å²) in [6.45, 7) is 4.02. The standard InChI is InChI=1S/C14H15N5S2/c1-12(3-4-13-7-20-11-18-13)6-21-14-5-15-9-19(2)10-16-8-17-14/h3-5,7-11H,1,6H2,2H3/b4-3-,14-5?,15-9?,16-10?,17-8?. The van der Waals surface area contributed by atoms with Crippen LogP contribution in [-0.4, -0.2) is 30.3 Å². The van der Waals surface area contributed by atoms with Crippen LogP contribution in [0.2, 0.25) is 0 Å². The minimum atomic E-state index is 0.735. The van der Waals surface area contributed by atoms with Crippen molar-refractivity contribution in [1.29, 1.82) is 0 Å². The highest BCUT2D eigenvalue weighted by Crippen LogP contribution is 2.16. The van der Waals surface area contributed by atoms with Crippen LogP contribution in [0.15, 0.2) is 59.3 Å². The summed E-state index contributed by atoms with van der Waals surface area (Å²) >= 11 is 3.14. The predicted octanol–water partition coefficient (Wildman–Crippen LogP) is 3.15. The summed E-state index contributed by atoms with van der Waals surface area (Å²) in [6.07, 6.45) is 10.5. The maximum absolute atomic E-state index is 4.24. The van der Waals surface area contributed by atoms with E-state index in [-0.39, 0.29) is 0 Å². The fourth-order valence-corrected chi connectivity index (χ4v) is 2.50. The first-order valence-corrected chi connectivity index (χ1v) is 8.05. The molecular formula is C14H15N5S2. The molecule has 2 heterocycles. The van der Waals surface area contributed by atoms with Gasteiger partial charge in [-0.15, -0.1) is 23.1 Å². The van der Waals surface area contributed by atoms with E-state index in [9.17, 15) is 0 Å². The molecule has 0 saturated heterocycles. The van der Waals surface area contributed by atoms with Gasteiger partial charge in [-0.2, -0.15) is 0 Å². The molecule has 0 atom stereocenters. The lowest BCUT2D eigenvalue weighted by molar-refractivity contribution is 0.849. The summed E-state index contributed by atoms with van der Waals surface area (Å²) in [4.78, 5) is 16.6. The number of rotatable bonds is 5. The molecule has 0 radical (unpaired) electrons. The Balaban J connectivity index is 1.95. The van der Waals surface area contributed by atoms with Crippen LogP contribution in [-0.2, 0) is 7.05 Å². The minimum Gasteiger partial charge on any atom is -0.326 e. The van der Waals surface area contributed by atoms with Crippen molar-refractivity contribution in [3.63, 3.8) is 0 Å². The van der Waals surface area contributed by atoms with Crippen LogP contribution >= 0.6 is 23.1 Å². The predicted molar refractivity (Wildman–Crippen MR) is 87.4 cm³/mol. The van der Waals surface area contributed by atoms with Gasteiger partial charge in [0.15, 0.2) is 0 Å². The summed E-state index contributed by atoms with van der Waals surface area (Å²) in [6, 6.07) is 0. The Morgan fingerprint density at radius 1 is 1.38 bits per heavy atom. The number of hydrogen-bond donors (Lipinski definition) is 0. The molecular weight excluding hydrogens is 302 g/mol. The molecule has 0 aliphatic carbocycles. The molecule has 0 aliphatic heterocycles. The fraction of sp³-hybridized carbons (Fsp3) is 0.143. The zero-order valence-corrected chi connectivity index (χ0v) is 13.2. The summed E-state index contributed by atoms with van der Waals surface area (Å²) in [5.74, 6) is 0.735. The first-order valence-electron chi connectivity index (χ1n) is 6.12. The molecule has 0 aliphatic rings. The zero-order chi connectivity index (χ0) is 14.9. The normalized spacial score (nSPS) is 10.5. The van der Waals surface area contributed by atoms with Crippen LogP contribution in [0.25, 0.3) is 6.08 Å². The van der Waals surface area contributed by atoms with Crippen molar-refractivity contribution in [3.8, 4) is 0 Å². The molecule has 0 unspecified atom stereocenters. The fourth-order valence-electron chi connectivity index (χ4n) is 1.29. The maximum atomic E-state index is 4.24.